The zero-order valence-electron chi connectivity index (χ0n) is 34.1. The van der Waals surface area contributed by atoms with Gasteiger partial charge >= 0.3 is 65.1 Å². The van der Waals surface area contributed by atoms with Crippen LogP contribution in [0, 0.1) is 0 Å². The van der Waals surface area contributed by atoms with Crippen molar-refractivity contribution < 1.29 is 112 Å². The third-order valence-electron chi connectivity index (χ3n) is 9.68. The van der Waals surface area contributed by atoms with E-state index in [4.69, 9.17) is 4.42 Å². The van der Waals surface area contributed by atoms with Crippen molar-refractivity contribution in [3.63, 3.8) is 0 Å². The van der Waals surface area contributed by atoms with Crippen LogP contribution < -0.4 is 73.9 Å². The van der Waals surface area contributed by atoms with Crippen LogP contribution >= 0.6 is 0 Å². The molecule has 0 saturated heterocycles. The molecule has 58 heavy (non-hydrogen) atoms. The second kappa shape index (κ2) is 21.1. The predicted molar refractivity (Wildman–Crippen MR) is 210 cm³/mol. The second-order valence-electron chi connectivity index (χ2n) is 15.0. The van der Waals surface area contributed by atoms with Crippen LogP contribution in [0.5, 0.6) is 0 Å². The molecule has 0 saturated carbocycles. The number of carbonyl (C=O) groups is 1. The van der Waals surface area contributed by atoms with Crippen LogP contribution in [0.15, 0.2) is 81.8 Å². The van der Waals surface area contributed by atoms with Crippen molar-refractivity contribution in [3.8, 4) is 11.3 Å². The Balaban J connectivity index is 0.00000580. The monoisotopic (exact) mass is 878 g/mol. The maximum Gasteiger partial charge on any atom is 1.00 e. The van der Waals surface area contributed by atoms with Gasteiger partial charge in [-0.05, 0) is 80.6 Å². The van der Waals surface area contributed by atoms with Gasteiger partial charge in [0.2, 0.25) is 5.36 Å². The summed E-state index contributed by atoms with van der Waals surface area (Å²) in [5, 5.41) is 10.2. The number of benzene rings is 2. The first-order valence-electron chi connectivity index (χ1n) is 18.1. The van der Waals surface area contributed by atoms with Crippen molar-refractivity contribution in [2.75, 3.05) is 36.0 Å². The smallest absolute Gasteiger partial charge is 0.748 e. The Hall–Kier alpha value is -2.13. The molecule has 1 aliphatic carbocycles. The van der Waals surface area contributed by atoms with Crippen molar-refractivity contribution in [2.24, 2.45) is 0 Å². The Bertz CT molecular complexity index is 2420. The van der Waals surface area contributed by atoms with Gasteiger partial charge in [0.15, 0.2) is 0 Å². The van der Waals surface area contributed by atoms with Crippen LogP contribution in [-0.4, -0.2) is 81.1 Å². The van der Waals surface area contributed by atoms with Crippen LogP contribution in [0.2, 0.25) is 0 Å². The first-order valence-corrected chi connectivity index (χ1v) is 22.7. The molecule has 1 N–H and O–H groups in total. The molecule has 2 aliphatic heterocycles. The molecular formula is C39H48N2Na2O12S3. The predicted octanol–water partition coefficient (Wildman–Crippen LogP) is -1.26. The van der Waals surface area contributed by atoms with E-state index < -0.39 is 58.1 Å². The zero-order chi connectivity index (χ0) is 41.7. The second-order valence-corrected chi connectivity index (χ2v) is 19.4. The summed E-state index contributed by atoms with van der Waals surface area (Å²) >= 11 is 0. The first kappa shape index (κ1) is 52.0. The van der Waals surface area contributed by atoms with Crippen molar-refractivity contribution in [3.05, 3.63) is 94.7 Å². The van der Waals surface area contributed by atoms with Gasteiger partial charge in [0.1, 0.15) is 34.7 Å². The summed E-state index contributed by atoms with van der Waals surface area (Å²) in [6, 6.07) is 11.6. The van der Waals surface area contributed by atoms with Gasteiger partial charge in [-0.2, -0.15) is 0 Å². The quantitative estimate of drug-likeness (QED) is 0.0724. The van der Waals surface area contributed by atoms with Gasteiger partial charge in [-0.25, -0.2) is 29.8 Å². The van der Waals surface area contributed by atoms with E-state index in [9.17, 15) is 48.8 Å². The van der Waals surface area contributed by atoms with E-state index in [-0.39, 0.29) is 103 Å². The summed E-state index contributed by atoms with van der Waals surface area (Å²) in [4.78, 5) is 12.8. The number of hydrogen-bond donors (Lipinski definition) is 1. The first-order chi connectivity index (χ1) is 25.9. The van der Waals surface area contributed by atoms with Crippen molar-refractivity contribution >= 4 is 48.1 Å². The number of carboxylic acids is 1. The van der Waals surface area contributed by atoms with E-state index >= 15 is 0 Å². The van der Waals surface area contributed by atoms with Crippen LogP contribution in [0.3, 0.4) is 0 Å². The molecule has 0 fully saturated rings. The standard InChI is InChI=1S/C39H50N2O12S3.2Na/c1-6-40(21-11-23-54(44,45)46)29-16-18-31-28(25-36(38(2,3)4)53-34(31)26-29)13-8-7-9-14-35-39(5,20-10-15-37(42)43)32-27-30(56(50,51)52)17-19-33(32)41(35)22-12-24-55(47,48)49;;/h7-9,13-14,16-19,25-27H,6,10-12,15,20-24H2,1-5H3,(H3-,42,43,44,45,46,47,48,49,50,51,52);;/q;2*+1/p-2. The van der Waals surface area contributed by atoms with Gasteiger partial charge in [-0.15, -0.1) is 0 Å². The van der Waals surface area contributed by atoms with Crippen molar-refractivity contribution in [1.82, 2.24) is 4.58 Å². The Morgan fingerprint density at radius 3 is 2.14 bits per heavy atom. The average molecular weight is 879 g/mol. The molecular weight excluding hydrogens is 831 g/mol. The van der Waals surface area contributed by atoms with Crippen LogP contribution in [0.1, 0.15) is 83.6 Å². The Morgan fingerprint density at radius 2 is 1.55 bits per heavy atom. The summed E-state index contributed by atoms with van der Waals surface area (Å²) in [5.74, 6) is -0.789. The molecule has 3 aliphatic rings. The summed E-state index contributed by atoms with van der Waals surface area (Å²) < 4.78 is 112. The molecule has 0 bridgehead atoms. The fraction of sp³-hybridized carbons (Fsp3) is 0.436. The molecule has 2 heterocycles. The molecule has 1 unspecified atom stereocenters. The number of fused-ring (bicyclic) bond motifs is 2. The van der Waals surface area contributed by atoms with Gasteiger partial charge in [0.25, 0.3) is 0 Å². The summed E-state index contributed by atoms with van der Waals surface area (Å²) in [6.45, 7) is 10.8. The van der Waals surface area contributed by atoms with E-state index in [0.717, 1.165) is 16.5 Å². The van der Waals surface area contributed by atoms with E-state index in [1.807, 2.05) is 75.6 Å². The van der Waals surface area contributed by atoms with E-state index in [1.54, 1.807) is 23.1 Å². The molecule has 1 aromatic carbocycles. The van der Waals surface area contributed by atoms with Gasteiger partial charge in [0.05, 0.1) is 31.2 Å². The molecule has 19 heteroatoms. The number of rotatable bonds is 17. The van der Waals surface area contributed by atoms with Crippen molar-refractivity contribution in [1.29, 1.82) is 0 Å². The Morgan fingerprint density at radius 1 is 0.897 bits per heavy atom. The normalized spacial score (nSPS) is 17.4. The van der Waals surface area contributed by atoms with Gasteiger partial charge in [-0.3, -0.25) is 4.79 Å². The minimum atomic E-state index is -4.84. The SMILES string of the molecule is CC[N+](CCCS(=O)(=O)[O-])=c1ccc2c(C=CC=CC=C3N(CCCS(=O)(=O)[O-])c4ccc(S(=O)(=O)[O-])cc4C3(C)CCCC(=O)O)cc(C(C)(C)C)oc-2c1.[Na+].[Na+]. The number of allylic oxidation sites excluding steroid dienone is 5. The molecule has 1 aromatic rings. The number of nitrogens with zero attached hydrogens (tertiary/aromatic N) is 2. The fourth-order valence-corrected chi connectivity index (χ4v) is 8.32. The Labute approximate surface area is 386 Å². The number of anilines is 1. The number of carboxylic acid groups (broad SMARTS) is 1. The molecule has 0 aromatic heterocycles. The minimum Gasteiger partial charge on any atom is -0.748 e. The maximum atomic E-state index is 12.0. The molecule has 0 radical (unpaired) electrons. The van der Waals surface area contributed by atoms with E-state index in [0.29, 0.717) is 41.6 Å². The average Bonchev–Trinajstić information content (AvgIpc) is 3.30. The molecule has 14 nitrogen and oxygen atoms in total. The molecule has 0 spiro atoms. The molecule has 0 amide bonds. The van der Waals surface area contributed by atoms with Crippen LogP contribution in [0.25, 0.3) is 17.4 Å². The van der Waals surface area contributed by atoms with E-state index in [2.05, 4.69) is 0 Å². The maximum absolute atomic E-state index is 12.0. The fourth-order valence-electron chi connectivity index (χ4n) is 6.86. The number of hydrogen-bond acceptors (Lipinski definition) is 12. The van der Waals surface area contributed by atoms with Gasteiger partial charge in [-0.1, -0.05) is 45.1 Å². The third kappa shape index (κ3) is 14.2. The molecule has 1 atom stereocenters. The molecule has 306 valence electrons. The Kier molecular flexibility index (Phi) is 18.9. The topological polar surface area (TPSA) is 228 Å². The summed E-state index contributed by atoms with van der Waals surface area (Å²) in [7, 11) is -13.7. The third-order valence-corrected chi connectivity index (χ3v) is 12.1. The van der Waals surface area contributed by atoms with Crippen LogP contribution in [-0.2, 0) is 46.0 Å². The van der Waals surface area contributed by atoms with Crippen molar-refractivity contribution in [2.45, 2.75) is 82.4 Å². The van der Waals surface area contributed by atoms with E-state index in [1.165, 1.54) is 18.2 Å². The largest absolute Gasteiger partial charge is 1.00 e. The van der Waals surface area contributed by atoms with Gasteiger partial charge in [0, 0.05) is 64.7 Å². The summed E-state index contributed by atoms with van der Waals surface area (Å²) in [5.41, 5.74) is 1.89. The minimum absolute atomic E-state index is 0. The van der Waals surface area contributed by atoms with Gasteiger partial charge < -0.3 is 28.1 Å². The zero-order valence-corrected chi connectivity index (χ0v) is 40.5. The molecule has 4 rings (SSSR count). The number of aliphatic carboxylic acids is 1. The summed E-state index contributed by atoms with van der Waals surface area (Å²) in [6.07, 6.45) is 9.44. The van der Waals surface area contributed by atoms with Crippen LogP contribution in [0.4, 0.5) is 5.69 Å².